The molecule has 0 fully saturated rings. The molecule has 0 atom stereocenters. The first-order valence-electron chi connectivity index (χ1n) is 15.3. The van der Waals surface area contributed by atoms with E-state index < -0.39 is 70.2 Å². The summed E-state index contributed by atoms with van der Waals surface area (Å²) in [5.74, 6) is -7.85. The molecule has 0 aromatic heterocycles. The maximum absolute atomic E-state index is 15.3. The molecule has 0 spiro atoms. The van der Waals surface area contributed by atoms with E-state index in [2.05, 4.69) is 11.7 Å². The van der Waals surface area contributed by atoms with E-state index in [9.17, 15) is 35.1 Å². The quantitative estimate of drug-likeness (QED) is 0.0990. The zero-order chi connectivity index (χ0) is 35.5. The van der Waals surface area contributed by atoms with Crippen molar-refractivity contribution in [1.29, 1.82) is 0 Å². The summed E-state index contributed by atoms with van der Waals surface area (Å²) >= 11 is 0. The Hall–Kier alpha value is -4.80. The molecule has 0 radical (unpaired) electrons. The number of alkyl halides is 5. The minimum Gasteiger partial charge on any atom is -0.429 e. The highest BCUT2D eigenvalue weighted by Gasteiger charge is 2.41. The van der Waals surface area contributed by atoms with Crippen molar-refractivity contribution in [2.75, 3.05) is 0 Å². The lowest BCUT2D eigenvalue weighted by atomic mass is 9.96. The molecule has 0 amide bonds. The van der Waals surface area contributed by atoms with Crippen molar-refractivity contribution >= 4 is 0 Å². The summed E-state index contributed by atoms with van der Waals surface area (Å²) in [6.07, 6.45) is -6.92. The lowest BCUT2D eigenvalue weighted by Crippen LogP contribution is -2.25. The van der Waals surface area contributed by atoms with Crippen LogP contribution in [0.2, 0.25) is 0 Å². The fraction of sp³-hybridized carbons (Fsp3) is 0.211. The fourth-order valence-corrected chi connectivity index (χ4v) is 5.45. The lowest BCUT2D eigenvalue weighted by molar-refractivity contribution is -0.189. The van der Waals surface area contributed by atoms with Crippen molar-refractivity contribution in [3.8, 4) is 39.1 Å². The molecule has 0 aliphatic rings. The minimum atomic E-state index is -4.77. The molecular formula is C38H28F10O. The number of hydrogen-bond acceptors (Lipinski definition) is 1. The van der Waals surface area contributed by atoms with Gasteiger partial charge >= 0.3 is 12.3 Å². The second-order valence-corrected chi connectivity index (χ2v) is 11.5. The Morgan fingerprint density at radius 1 is 0.531 bits per heavy atom. The van der Waals surface area contributed by atoms with E-state index in [0.717, 1.165) is 43.4 Å². The summed E-state index contributed by atoms with van der Waals surface area (Å²) in [5, 5.41) is 0. The Morgan fingerprint density at radius 2 is 1.08 bits per heavy atom. The van der Waals surface area contributed by atoms with Crippen LogP contribution in [-0.4, -0.2) is 6.18 Å². The summed E-state index contributed by atoms with van der Waals surface area (Å²) in [7, 11) is 0. The van der Waals surface area contributed by atoms with Crippen molar-refractivity contribution in [3.63, 3.8) is 0 Å². The van der Waals surface area contributed by atoms with Crippen molar-refractivity contribution in [3.05, 3.63) is 137 Å². The molecule has 11 heteroatoms. The van der Waals surface area contributed by atoms with E-state index in [1.54, 1.807) is 6.07 Å². The standard InChI is InChI=1S/C38H28F10O/c1-2-3-4-5-22-6-8-23(9-7-22)24-11-14-29(32(40)16-24)25-12-15-30(33(41)17-25)27-18-34(42)36(35(43)19-27)38(47,48)49-28-13-10-26(31(39)20-28)21-37(44,45)46/h6-20H,2-5,21H2,1H3. The number of halogens is 10. The molecule has 0 saturated heterocycles. The van der Waals surface area contributed by atoms with Gasteiger partial charge < -0.3 is 4.74 Å². The van der Waals surface area contributed by atoms with E-state index in [0.29, 0.717) is 29.8 Å². The molecule has 0 bridgehead atoms. The Morgan fingerprint density at radius 3 is 1.65 bits per heavy atom. The Kier molecular flexibility index (Phi) is 10.4. The van der Waals surface area contributed by atoms with Crippen LogP contribution in [0.4, 0.5) is 43.9 Å². The van der Waals surface area contributed by atoms with E-state index in [1.807, 2.05) is 24.3 Å². The first kappa shape index (κ1) is 35.5. The molecular weight excluding hydrogens is 662 g/mol. The maximum atomic E-state index is 15.3. The smallest absolute Gasteiger partial charge is 0.429 e. The van der Waals surface area contributed by atoms with Crippen LogP contribution in [0.25, 0.3) is 33.4 Å². The van der Waals surface area contributed by atoms with E-state index in [1.165, 1.54) is 23.8 Å². The van der Waals surface area contributed by atoms with E-state index in [-0.39, 0.29) is 22.8 Å². The molecule has 256 valence electrons. The minimum absolute atomic E-state index is 0.0535. The maximum Gasteiger partial charge on any atom is 0.432 e. The number of aryl methyl sites for hydroxylation is 1. The number of unbranched alkanes of at least 4 members (excludes halogenated alkanes) is 2. The zero-order valence-corrected chi connectivity index (χ0v) is 25.9. The topological polar surface area (TPSA) is 9.23 Å². The van der Waals surface area contributed by atoms with Gasteiger partial charge in [-0.05, 0) is 76.6 Å². The van der Waals surface area contributed by atoms with Crippen LogP contribution in [0, 0.1) is 29.1 Å². The second-order valence-electron chi connectivity index (χ2n) is 11.5. The number of rotatable bonds is 11. The van der Waals surface area contributed by atoms with Gasteiger partial charge in [0.15, 0.2) is 0 Å². The van der Waals surface area contributed by atoms with Gasteiger partial charge in [-0.25, -0.2) is 22.0 Å². The molecule has 0 heterocycles. The predicted molar refractivity (Wildman–Crippen MR) is 166 cm³/mol. The lowest BCUT2D eigenvalue weighted by Gasteiger charge is -2.20. The zero-order valence-electron chi connectivity index (χ0n) is 25.9. The molecule has 5 aromatic carbocycles. The summed E-state index contributed by atoms with van der Waals surface area (Å²) in [6, 6.07) is 17.9. The Balaban J connectivity index is 1.34. The molecule has 0 saturated carbocycles. The van der Waals surface area contributed by atoms with Gasteiger partial charge in [-0.1, -0.05) is 74.4 Å². The van der Waals surface area contributed by atoms with Crippen LogP contribution < -0.4 is 4.74 Å². The van der Waals surface area contributed by atoms with Gasteiger partial charge in [-0.3, -0.25) is 0 Å². The van der Waals surface area contributed by atoms with Gasteiger partial charge in [0.1, 0.15) is 40.4 Å². The van der Waals surface area contributed by atoms with Gasteiger partial charge in [0.2, 0.25) is 0 Å². The summed E-state index contributed by atoms with van der Waals surface area (Å²) in [6.45, 7) is 2.13. The highest BCUT2D eigenvalue weighted by molar-refractivity contribution is 5.74. The highest BCUT2D eigenvalue weighted by Crippen LogP contribution is 2.39. The third-order valence-corrected chi connectivity index (χ3v) is 7.91. The van der Waals surface area contributed by atoms with Crippen molar-refractivity contribution < 1.29 is 48.6 Å². The number of benzene rings is 5. The largest absolute Gasteiger partial charge is 0.432 e. The first-order valence-corrected chi connectivity index (χ1v) is 15.3. The van der Waals surface area contributed by atoms with Crippen LogP contribution in [0.5, 0.6) is 5.75 Å². The molecule has 0 aliphatic heterocycles. The van der Waals surface area contributed by atoms with Crippen molar-refractivity contribution in [1.82, 2.24) is 0 Å². The van der Waals surface area contributed by atoms with Crippen LogP contribution in [-0.2, 0) is 19.0 Å². The SMILES string of the molecule is CCCCCc1ccc(-c2ccc(-c3ccc(-c4cc(F)c(C(F)(F)Oc5ccc(CC(F)(F)F)c(F)c5)c(F)c4)c(F)c3)c(F)c2)cc1. The predicted octanol–water partition coefficient (Wildman–Crippen LogP) is 12.3. The van der Waals surface area contributed by atoms with Crippen LogP contribution >= 0.6 is 0 Å². The average molecular weight is 691 g/mol. The number of hydrogen-bond donors (Lipinski definition) is 0. The molecule has 1 nitrogen and oxygen atoms in total. The fourth-order valence-electron chi connectivity index (χ4n) is 5.45. The van der Waals surface area contributed by atoms with Crippen LogP contribution in [0.3, 0.4) is 0 Å². The molecule has 0 aliphatic carbocycles. The van der Waals surface area contributed by atoms with Gasteiger partial charge in [-0.15, -0.1) is 0 Å². The monoisotopic (exact) mass is 690 g/mol. The van der Waals surface area contributed by atoms with E-state index >= 15 is 8.78 Å². The third kappa shape index (κ3) is 8.44. The number of ether oxygens (including phenoxy) is 1. The second kappa shape index (κ2) is 14.4. The van der Waals surface area contributed by atoms with Gasteiger partial charge in [0, 0.05) is 17.2 Å². The van der Waals surface area contributed by atoms with Gasteiger partial charge in [0.25, 0.3) is 0 Å². The van der Waals surface area contributed by atoms with Gasteiger partial charge in [0.05, 0.1) is 6.42 Å². The Labute approximate surface area is 275 Å². The normalized spacial score (nSPS) is 12.0. The van der Waals surface area contributed by atoms with Crippen molar-refractivity contribution in [2.24, 2.45) is 0 Å². The van der Waals surface area contributed by atoms with Crippen LogP contribution in [0.1, 0.15) is 42.9 Å². The summed E-state index contributed by atoms with van der Waals surface area (Å²) in [5.41, 5.74) is -0.840. The molecule has 49 heavy (non-hydrogen) atoms. The van der Waals surface area contributed by atoms with Crippen LogP contribution in [0.15, 0.2) is 91.0 Å². The third-order valence-electron chi connectivity index (χ3n) is 7.91. The van der Waals surface area contributed by atoms with Gasteiger partial charge in [-0.2, -0.15) is 22.0 Å². The summed E-state index contributed by atoms with van der Waals surface area (Å²) in [4.78, 5) is 0. The molecule has 5 aromatic rings. The summed E-state index contributed by atoms with van der Waals surface area (Å²) < 4.78 is 146. The first-order chi connectivity index (χ1) is 23.1. The highest BCUT2D eigenvalue weighted by atomic mass is 19.4. The molecule has 5 rings (SSSR count). The Bertz CT molecular complexity index is 1930. The molecule has 0 unspecified atom stereocenters. The molecule has 0 N–H and O–H groups in total. The van der Waals surface area contributed by atoms with Crippen molar-refractivity contribution in [2.45, 2.75) is 51.3 Å². The average Bonchev–Trinajstić information content (AvgIpc) is 3.01. The van der Waals surface area contributed by atoms with E-state index in [4.69, 9.17) is 0 Å².